The molecule has 1 atom stereocenters. The van der Waals surface area contributed by atoms with Gasteiger partial charge in [0.25, 0.3) is 0 Å². The molecular weight excluding hydrogens is 455 g/mol. The van der Waals surface area contributed by atoms with E-state index in [2.05, 4.69) is 20.7 Å². The Morgan fingerprint density at radius 2 is 1.97 bits per heavy atom. The lowest BCUT2D eigenvalue weighted by molar-refractivity contribution is -0.142. The minimum Gasteiger partial charge on any atom is -0.458 e. The van der Waals surface area contributed by atoms with Crippen molar-refractivity contribution in [2.45, 2.75) is 57.7 Å². The smallest absolute Gasteiger partial charge is 0.247 e. The van der Waals surface area contributed by atoms with Crippen LogP contribution in [0.5, 0.6) is 0 Å². The number of aromatic nitrogens is 4. The van der Waals surface area contributed by atoms with Gasteiger partial charge in [0, 0.05) is 19.2 Å². The molecule has 3 aromatic rings. The Labute approximate surface area is 202 Å². The standard InChI is InChI=1S/C24H29FN6O4/c1-16-7-12-20(35-16)23-27-29-31(28-23)15-21(33)30(13-4-14-32)22(17-8-10-18(25)11-9-17)24(34)26-19-5-2-3-6-19/h7-12,19,22,32H,2-6,13-15H2,1H3,(H,26,34)/t22-/m0/s1. The third-order valence-electron chi connectivity index (χ3n) is 6.02. The summed E-state index contributed by atoms with van der Waals surface area (Å²) in [7, 11) is 0. The molecule has 0 aliphatic heterocycles. The van der Waals surface area contributed by atoms with E-state index in [1.165, 1.54) is 29.2 Å². The van der Waals surface area contributed by atoms with Gasteiger partial charge in [-0.05, 0) is 61.2 Å². The van der Waals surface area contributed by atoms with Crippen LogP contribution in [0.15, 0.2) is 40.8 Å². The highest BCUT2D eigenvalue weighted by atomic mass is 19.1. The van der Waals surface area contributed by atoms with Crippen LogP contribution in [0.25, 0.3) is 11.6 Å². The number of furan rings is 1. The van der Waals surface area contributed by atoms with Gasteiger partial charge in [-0.1, -0.05) is 25.0 Å². The summed E-state index contributed by atoms with van der Waals surface area (Å²) < 4.78 is 19.1. The van der Waals surface area contributed by atoms with Gasteiger partial charge < -0.3 is 19.7 Å². The molecule has 0 unspecified atom stereocenters. The number of rotatable bonds is 10. The zero-order valence-electron chi connectivity index (χ0n) is 19.6. The Morgan fingerprint density at radius 3 is 2.63 bits per heavy atom. The molecule has 2 heterocycles. The van der Waals surface area contributed by atoms with Crippen LogP contribution < -0.4 is 5.32 Å². The molecule has 1 saturated carbocycles. The first-order valence-corrected chi connectivity index (χ1v) is 11.8. The molecule has 4 rings (SSSR count). The number of carbonyl (C=O) groups is 2. The lowest BCUT2D eigenvalue weighted by Crippen LogP contribution is -2.47. The van der Waals surface area contributed by atoms with Gasteiger partial charge in [-0.15, -0.1) is 10.2 Å². The maximum absolute atomic E-state index is 13.6. The molecule has 1 fully saturated rings. The lowest BCUT2D eigenvalue weighted by atomic mass is 10.0. The maximum Gasteiger partial charge on any atom is 0.247 e. The summed E-state index contributed by atoms with van der Waals surface area (Å²) in [5.41, 5.74) is 0.478. The van der Waals surface area contributed by atoms with Gasteiger partial charge in [-0.3, -0.25) is 9.59 Å². The summed E-state index contributed by atoms with van der Waals surface area (Å²) >= 11 is 0. The monoisotopic (exact) mass is 484 g/mol. The van der Waals surface area contributed by atoms with E-state index >= 15 is 0 Å². The van der Waals surface area contributed by atoms with Crippen molar-refractivity contribution in [3.8, 4) is 11.6 Å². The van der Waals surface area contributed by atoms with Crippen LogP contribution in [-0.4, -0.2) is 61.2 Å². The molecule has 1 aliphatic rings. The summed E-state index contributed by atoms with van der Waals surface area (Å²) in [5.74, 6) is 0.143. The maximum atomic E-state index is 13.6. The van der Waals surface area contributed by atoms with Crippen molar-refractivity contribution >= 4 is 11.8 Å². The summed E-state index contributed by atoms with van der Waals surface area (Å²) in [5, 5.41) is 24.6. The summed E-state index contributed by atoms with van der Waals surface area (Å²) in [6.45, 7) is 1.48. The fourth-order valence-electron chi connectivity index (χ4n) is 4.28. The summed E-state index contributed by atoms with van der Waals surface area (Å²) in [6, 6.07) is 8.05. The molecule has 0 bridgehead atoms. The van der Waals surface area contributed by atoms with Gasteiger partial charge in [-0.2, -0.15) is 4.80 Å². The number of nitrogens with one attached hydrogen (secondary N) is 1. The van der Waals surface area contributed by atoms with Crippen molar-refractivity contribution in [3.05, 3.63) is 53.5 Å². The minimum atomic E-state index is -0.994. The van der Waals surface area contributed by atoms with Gasteiger partial charge in [-0.25, -0.2) is 4.39 Å². The normalized spacial score (nSPS) is 14.7. The van der Waals surface area contributed by atoms with E-state index in [0.29, 0.717) is 17.1 Å². The molecule has 0 spiro atoms. The van der Waals surface area contributed by atoms with Gasteiger partial charge in [0.15, 0.2) is 5.76 Å². The second kappa shape index (κ2) is 11.2. The highest BCUT2D eigenvalue weighted by Gasteiger charge is 2.33. The number of tetrazole rings is 1. The number of amides is 2. The highest BCUT2D eigenvalue weighted by molar-refractivity contribution is 5.88. The molecule has 186 valence electrons. The molecule has 0 radical (unpaired) electrons. The van der Waals surface area contributed by atoms with E-state index in [4.69, 9.17) is 4.42 Å². The molecule has 0 saturated heterocycles. The fourth-order valence-corrected chi connectivity index (χ4v) is 4.28. The zero-order valence-corrected chi connectivity index (χ0v) is 19.6. The number of halogens is 1. The number of aliphatic hydroxyl groups excluding tert-OH is 1. The number of nitrogens with zero attached hydrogens (tertiary/aromatic N) is 5. The molecule has 1 aliphatic carbocycles. The average molecular weight is 485 g/mol. The van der Waals surface area contributed by atoms with Crippen LogP contribution in [0.2, 0.25) is 0 Å². The first kappa shape index (κ1) is 24.5. The second-order valence-corrected chi connectivity index (χ2v) is 8.66. The van der Waals surface area contributed by atoms with Crippen LogP contribution in [0, 0.1) is 12.7 Å². The number of aryl methyl sites for hydroxylation is 1. The largest absolute Gasteiger partial charge is 0.458 e. The van der Waals surface area contributed by atoms with Crippen LogP contribution in [-0.2, 0) is 16.1 Å². The van der Waals surface area contributed by atoms with E-state index in [1.54, 1.807) is 19.1 Å². The molecule has 35 heavy (non-hydrogen) atoms. The molecule has 2 aromatic heterocycles. The summed E-state index contributed by atoms with van der Waals surface area (Å²) in [6.07, 6.45) is 4.10. The van der Waals surface area contributed by atoms with Crippen molar-refractivity contribution in [1.29, 1.82) is 0 Å². The van der Waals surface area contributed by atoms with Crippen molar-refractivity contribution in [1.82, 2.24) is 30.4 Å². The van der Waals surface area contributed by atoms with Gasteiger partial charge >= 0.3 is 0 Å². The third kappa shape index (κ3) is 6.10. The highest BCUT2D eigenvalue weighted by Crippen LogP contribution is 2.25. The molecule has 1 aromatic carbocycles. The van der Waals surface area contributed by atoms with Crippen LogP contribution >= 0.6 is 0 Å². The SMILES string of the molecule is Cc1ccc(-c2nnn(CC(=O)N(CCCO)[C@H](C(=O)NC3CCCC3)c3ccc(F)cc3)n2)o1. The van der Waals surface area contributed by atoms with Crippen molar-refractivity contribution < 1.29 is 23.5 Å². The van der Waals surface area contributed by atoms with E-state index < -0.39 is 17.8 Å². The Bertz CT molecular complexity index is 1140. The van der Waals surface area contributed by atoms with E-state index in [9.17, 15) is 19.1 Å². The third-order valence-corrected chi connectivity index (χ3v) is 6.02. The number of aliphatic hydroxyl groups is 1. The van der Waals surface area contributed by atoms with Gasteiger partial charge in [0.1, 0.15) is 24.2 Å². The van der Waals surface area contributed by atoms with Crippen LogP contribution in [0.3, 0.4) is 0 Å². The lowest BCUT2D eigenvalue weighted by Gasteiger charge is -2.32. The van der Waals surface area contributed by atoms with Crippen molar-refractivity contribution in [3.63, 3.8) is 0 Å². The fraction of sp³-hybridized carbons (Fsp3) is 0.458. The Balaban J connectivity index is 1.58. The van der Waals surface area contributed by atoms with Gasteiger partial charge in [0.2, 0.25) is 17.6 Å². The zero-order chi connectivity index (χ0) is 24.8. The Kier molecular flexibility index (Phi) is 7.86. The molecular formula is C24H29FN6O4. The second-order valence-electron chi connectivity index (χ2n) is 8.66. The molecule has 2 amide bonds. The summed E-state index contributed by atoms with van der Waals surface area (Å²) in [4.78, 5) is 29.4. The van der Waals surface area contributed by atoms with E-state index in [1.807, 2.05) is 0 Å². The van der Waals surface area contributed by atoms with Crippen LogP contribution in [0.4, 0.5) is 4.39 Å². The quantitative estimate of drug-likeness (QED) is 0.452. The number of hydrogen-bond donors (Lipinski definition) is 2. The van der Waals surface area contributed by atoms with E-state index in [-0.39, 0.29) is 43.9 Å². The van der Waals surface area contributed by atoms with Crippen molar-refractivity contribution in [2.75, 3.05) is 13.2 Å². The first-order chi connectivity index (χ1) is 16.9. The van der Waals surface area contributed by atoms with E-state index in [0.717, 1.165) is 30.5 Å². The number of hydrogen-bond acceptors (Lipinski definition) is 7. The number of carbonyl (C=O) groups excluding carboxylic acids is 2. The van der Waals surface area contributed by atoms with Crippen molar-refractivity contribution in [2.24, 2.45) is 0 Å². The minimum absolute atomic E-state index is 0.0385. The van der Waals surface area contributed by atoms with Gasteiger partial charge in [0.05, 0.1) is 0 Å². The predicted molar refractivity (Wildman–Crippen MR) is 123 cm³/mol. The first-order valence-electron chi connectivity index (χ1n) is 11.8. The Hall–Kier alpha value is -3.60. The molecule has 11 heteroatoms. The molecule has 2 N–H and O–H groups in total. The average Bonchev–Trinajstić information content (AvgIpc) is 3.60. The molecule has 10 nitrogen and oxygen atoms in total. The Morgan fingerprint density at radius 1 is 1.23 bits per heavy atom. The topological polar surface area (TPSA) is 126 Å². The number of benzene rings is 1. The van der Waals surface area contributed by atoms with Crippen LogP contribution in [0.1, 0.15) is 49.5 Å². The predicted octanol–water partition coefficient (Wildman–Crippen LogP) is 2.39.